The highest BCUT2D eigenvalue weighted by molar-refractivity contribution is 5.97. The first kappa shape index (κ1) is 14.3. The number of fused-ring (bicyclic) bond motifs is 1. The van der Waals surface area contributed by atoms with Crippen molar-refractivity contribution < 1.29 is 9.90 Å². The van der Waals surface area contributed by atoms with Crippen molar-refractivity contribution in [2.75, 3.05) is 0 Å². The second kappa shape index (κ2) is 5.61. The first-order chi connectivity index (χ1) is 10.6. The number of aryl methyl sites for hydroxylation is 1. The molecule has 0 spiro atoms. The normalized spacial score (nSPS) is 12.5. The lowest BCUT2D eigenvalue weighted by atomic mass is 9.99. The molecule has 22 heavy (non-hydrogen) atoms. The van der Waals surface area contributed by atoms with E-state index in [0.29, 0.717) is 6.42 Å². The second-order valence-corrected chi connectivity index (χ2v) is 5.34. The number of hydrogen-bond acceptors (Lipinski definition) is 3. The lowest BCUT2D eigenvalue weighted by Gasteiger charge is -2.07. The second-order valence-electron chi connectivity index (χ2n) is 5.34. The fourth-order valence-electron chi connectivity index (χ4n) is 2.75. The van der Waals surface area contributed by atoms with Crippen molar-refractivity contribution in [1.29, 1.82) is 0 Å². The molecular weight excluding hydrogens is 278 g/mol. The molecule has 0 radical (unpaired) electrons. The van der Waals surface area contributed by atoms with Gasteiger partial charge >= 0.3 is 5.97 Å². The molecule has 1 aromatic carbocycles. The molecule has 5 nitrogen and oxygen atoms in total. The molecule has 0 aliphatic rings. The number of nitrogens with two attached hydrogens (primary N) is 1. The summed E-state index contributed by atoms with van der Waals surface area (Å²) < 4.78 is 0. The van der Waals surface area contributed by atoms with Gasteiger partial charge in [-0.05, 0) is 30.2 Å². The molecule has 5 heteroatoms. The van der Waals surface area contributed by atoms with Gasteiger partial charge in [-0.15, -0.1) is 0 Å². The zero-order chi connectivity index (χ0) is 15.7. The van der Waals surface area contributed by atoms with Gasteiger partial charge in [-0.1, -0.05) is 18.2 Å². The van der Waals surface area contributed by atoms with Crippen LogP contribution >= 0.6 is 0 Å². The van der Waals surface area contributed by atoms with Crippen LogP contribution in [-0.4, -0.2) is 27.1 Å². The molecule has 3 rings (SSSR count). The minimum atomic E-state index is -0.987. The van der Waals surface area contributed by atoms with Crippen molar-refractivity contribution >= 4 is 16.9 Å². The van der Waals surface area contributed by atoms with Crippen molar-refractivity contribution in [3.63, 3.8) is 0 Å². The Hall–Kier alpha value is -2.66. The highest BCUT2D eigenvalue weighted by atomic mass is 16.4. The molecule has 4 N–H and O–H groups in total. The van der Waals surface area contributed by atoms with E-state index in [4.69, 9.17) is 10.8 Å². The smallest absolute Gasteiger partial charge is 0.320 e. The largest absolute Gasteiger partial charge is 0.480 e. The first-order valence-corrected chi connectivity index (χ1v) is 7.07. The standard InChI is InChI=1S/C17H17N3O2/c1-10-14(9-15(18)17(21)22)13-4-2-3-12(16(13)20-10)11-5-7-19-8-6-11/h2-8,15,20H,9,18H2,1H3,(H,21,22). The lowest BCUT2D eigenvalue weighted by molar-refractivity contribution is -0.138. The molecule has 0 amide bonds. The Morgan fingerprint density at radius 3 is 2.73 bits per heavy atom. The van der Waals surface area contributed by atoms with Crippen LogP contribution in [0.3, 0.4) is 0 Å². The first-order valence-electron chi connectivity index (χ1n) is 7.07. The maximum absolute atomic E-state index is 11.0. The number of nitrogens with zero attached hydrogens (tertiary/aromatic N) is 1. The van der Waals surface area contributed by atoms with Crippen LogP contribution in [0.2, 0.25) is 0 Å². The molecule has 0 aliphatic heterocycles. The van der Waals surface area contributed by atoms with Gasteiger partial charge in [0.05, 0.1) is 5.52 Å². The third kappa shape index (κ3) is 2.46. The van der Waals surface area contributed by atoms with Crippen molar-refractivity contribution in [3.8, 4) is 11.1 Å². The Morgan fingerprint density at radius 2 is 2.05 bits per heavy atom. The molecule has 0 saturated heterocycles. The maximum Gasteiger partial charge on any atom is 0.320 e. The van der Waals surface area contributed by atoms with Crippen LogP contribution in [0, 0.1) is 6.92 Å². The van der Waals surface area contributed by atoms with Crippen LogP contribution < -0.4 is 5.73 Å². The van der Waals surface area contributed by atoms with Gasteiger partial charge in [0, 0.05) is 35.5 Å². The minimum absolute atomic E-state index is 0.307. The van der Waals surface area contributed by atoms with Gasteiger partial charge in [-0.2, -0.15) is 0 Å². The molecule has 2 heterocycles. The Labute approximate surface area is 127 Å². The number of H-pyrrole nitrogens is 1. The summed E-state index contributed by atoms with van der Waals surface area (Å²) in [6, 6.07) is 9.01. The van der Waals surface area contributed by atoms with Crippen LogP contribution in [0.25, 0.3) is 22.0 Å². The van der Waals surface area contributed by atoms with Gasteiger partial charge in [0.15, 0.2) is 0 Å². The SMILES string of the molecule is Cc1[nH]c2c(-c3ccncc3)cccc2c1CC(N)C(=O)O. The van der Waals surface area contributed by atoms with E-state index in [0.717, 1.165) is 33.3 Å². The molecule has 3 aromatic rings. The van der Waals surface area contributed by atoms with Gasteiger partial charge in [0.1, 0.15) is 6.04 Å². The van der Waals surface area contributed by atoms with E-state index in [1.807, 2.05) is 37.3 Å². The summed E-state index contributed by atoms with van der Waals surface area (Å²) in [5, 5.41) is 10.1. The van der Waals surface area contributed by atoms with E-state index in [1.165, 1.54) is 0 Å². The number of aromatic amines is 1. The fraction of sp³-hybridized carbons (Fsp3) is 0.176. The molecule has 0 aliphatic carbocycles. The van der Waals surface area contributed by atoms with E-state index < -0.39 is 12.0 Å². The average molecular weight is 295 g/mol. The third-order valence-corrected chi connectivity index (χ3v) is 3.89. The number of pyridine rings is 1. The number of rotatable bonds is 4. The van der Waals surface area contributed by atoms with Gasteiger partial charge in [-0.25, -0.2) is 0 Å². The zero-order valence-electron chi connectivity index (χ0n) is 12.2. The van der Waals surface area contributed by atoms with Crippen LogP contribution in [0.5, 0.6) is 0 Å². The topological polar surface area (TPSA) is 92.0 Å². The predicted molar refractivity (Wildman–Crippen MR) is 85.6 cm³/mol. The minimum Gasteiger partial charge on any atom is -0.480 e. The van der Waals surface area contributed by atoms with Crippen LogP contribution in [0.1, 0.15) is 11.3 Å². The highest BCUT2D eigenvalue weighted by Gasteiger charge is 2.18. The Balaban J connectivity index is 2.14. The quantitative estimate of drug-likeness (QED) is 0.689. The summed E-state index contributed by atoms with van der Waals surface area (Å²) in [5.74, 6) is -0.987. The fourth-order valence-corrected chi connectivity index (χ4v) is 2.75. The van der Waals surface area contributed by atoms with Crippen molar-refractivity contribution in [2.24, 2.45) is 5.73 Å². The summed E-state index contributed by atoms with van der Waals surface area (Å²) in [7, 11) is 0. The predicted octanol–water partition coefficient (Wildman–Crippen LogP) is 2.49. The summed E-state index contributed by atoms with van der Waals surface area (Å²) in [6.45, 7) is 1.94. The van der Waals surface area contributed by atoms with E-state index in [2.05, 4.69) is 9.97 Å². The third-order valence-electron chi connectivity index (χ3n) is 3.89. The number of para-hydroxylation sites is 1. The summed E-state index contributed by atoms with van der Waals surface area (Å²) in [4.78, 5) is 18.4. The van der Waals surface area contributed by atoms with Gasteiger partial charge in [0.25, 0.3) is 0 Å². The van der Waals surface area contributed by atoms with E-state index in [1.54, 1.807) is 12.4 Å². The Kier molecular flexibility index (Phi) is 3.65. The summed E-state index contributed by atoms with van der Waals surface area (Å²) >= 11 is 0. The Bertz CT molecular complexity index is 825. The highest BCUT2D eigenvalue weighted by Crippen LogP contribution is 2.31. The van der Waals surface area contributed by atoms with Gasteiger partial charge in [0.2, 0.25) is 0 Å². The Morgan fingerprint density at radius 1 is 1.32 bits per heavy atom. The summed E-state index contributed by atoms with van der Waals surface area (Å²) in [6.07, 6.45) is 3.82. The van der Waals surface area contributed by atoms with Crippen LogP contribution in [0.4, 0.5) is 0 Å². The lowest BCUT2D eigenvalue weighted by Crippen LogP contribution is -2.32. The van der Waals surface area contributed by atoms with Gasteiger partial charge in [-0.3, -0.25) is 9.78 Å². The van der Waals surface area contributed by atoms with Crippen molar-refractivity contribution in [3.05, 3.63) is 54.0 Å². The number of carboxylic acids is 1. The number of carbonyl (C=O) groups is 1. The van der Waals surface area contributed by atoms with E-state index in [-0.39, 0.29) is 0 Å². The summed E-state index contributed by atoms with van der Waals surface area (Å²) in [5.41, 5.74) is 10.7. The molecule has 1 atom stereocenters. The molecule has 0 bridgehead atoms. The van der Waals surface area contributed by atoms with Gasteiger partial charge < -0.3 is 15.8 Å². The average Bonchev–Trinajstić information content (AvgIpc) is 2.84. The molecule has 0 saturated carbocycles. The molecule has 2 aromatic heterocycles. The van der Waals surface area contributed by atoms with E-state index >= 15 is 0 Å². The number of aliphatic carboxylic acids is 1. The number of aromatic nitrogens is 2. The molecule has 1 unspecified atom stereocenters. The van der Waals surface area contributed by atoms with Crippen molar-refractivity contribution in [1.82, 2.24) is 9.97 Å². The van der Waals surface area contributed by atoms with Crippen LogP contribution in [-0.2, 0) is 11.2 Å². The van der Waals surface area contributed by atoms with Crippen molar-refractivity contribution in [2.45, 2.75) is 19.4 Å². The number of nitrogens with one attached hydrogen (secondary N) is 1. The molecule has 112 valence electrons. The maximum atomic E-state index is 11.0. The zero-order valence-corrected chi connectivity index (χ0v) is 12.2. The monoisotopic (exact) mass is 295 g/mol. The number of benzene rings is 1. The number of hydrogen-bond donors (Lipinski definition) is 3. The van der Waals surface area contributed by atoms with Crippen LogP contribution in [0.15, 0.2) is 42.7 Å². The molecular formula is C17H17N3O2. The number of carboxylic acid groups (broad SMARTS) is 1. The molecule has 0 fully saturated rings. The van der Waals surface area contributed by atoms with E-state index in [9.17, 15) is 4.79 Å².